The van der Waals surface area contributed by atoms with E-state index >= 15 is 0 Å². The zero-order chi connectivity index (χ0) is 21.5. The molecule has 2 N–H and O–H groups in total. The lowest BCUT2D eigenvalue weighted by Crippen LogP contribution is -2.39. The molecule has 1 aromatic heterocycles. The van der Waals surface area contributed by atoms with E-state index in [2.05, 4.69) is 71.7 Å². The number of ether oxygens (including phenoxy) is 1. The number of anilines is 1. The van der Waals surface area contributed by atoms with Gasteiger partial charge in [-0.1, -0.05) is 46.3 Å². The molecular formula is C23H21Br2N3O2S. The van der Waals surface area contributed by atoms with Gasteiger partial charge in [-0.15, -0.1) is 11.3 Å². The van der Waals surface area contributed by atoms with Gasteiger partial charge in [0.2, 0.25) is 0 Å². The largest absolute Gasteiger partial charge is 0.495 e. The lowest BCUT2D eigenvalue weighted by molar-refractivity contribution is 0.0934. The molecule has 1 atom stereocenters. The minimum atomic E-state index is -0.357. The maximum atomic E-state index is 13.1. The number of nitrogens with one attached hydrogen (secondary N) is 2. The average molecular weight is 563 g/mol. The summed E-state index contributed by atoms with van der Waals surface area (Å²) in [5.74, 6) is 0.686. The Morgan fingerprint density at radius 3 is 2.77 bits per heavy atom. The van der Waals surface area contributed by atoms with Crippen LogP contribution in [0.3, 0.4) is 0 Å². The summed E-state index contributed by atoms with van der Waals surface area (Å²) in [5.41, 5.74) is 4.19. The van der Waals surface area contributed by atoms with Crippen molar-refractivity contribution in [3.05, 3.63) is 78.5 Å². The molecular weight excluding hydrogens is 542 g/mol. The van der Waals surface area contributed by atoms with Crippen LogP contribution in [0.5, 0.6) is 5.75 Å². The van der Waals surface area contributed by atoms with E-state index in [-0.39, 0.29) is 12.1 Å². The van der Waals surface area contributed by atoms with Crippen LogP contribution in [0.4, 0.5) is 5.00 Å². The van der Waals surface area contributed by atoms with Crippen molar-refractivity contribution in [2.24, 2.45) is 0 Å². The molecule has 31 heavy (non-hydrogen) atoms. The van der Waals surface area contributed by atoms with Gasteiger partial charge in [-0.05, 0) is 45.6 Å². The molecule has 1 unspecified atom stereocenters. The van der Waals surface area contributed by atoms with Gasteiger partial charge in [0.25, 0.3) is 5.91 Å². The minimum absolute atomic E-state index is 0.0223. The number of fused-ring (bicyclic) bond motifs is 3. The van der Waals surface area contributed by atoms with Crippen LogP contribution in [0.15, 0.2) is 51.4 Å². The highest BCUT2D eigenvalue weighted by atomic mass is 79.9. The van der Waals surface area contributed by atoms with E-state index in [9.17, 15) is 4.79 Å². The molecule has 0 bridgehead atoms. The smallest absolute Gasteiger partial charge is 0.256 e. The van der Waals surface area contributed by atoms with E-state index in [1.54, 1.807) is 18.4 Å². The van der Waals surface area contributed by atoms with E-state index in [1.165, 1.54) is 16.0 Å². The number of benzene rings is 2. The summed E-state index contributed by atoms with van der Waals surface area (Å²) >= 11 is 8.79. The minimum Gasteiger partial charge on any atom is -0.495 e. The zero-order valence-corrected chi connectivity index (χ0v) is 20.9. The maximum Gasteiger partial charge on any atom is 0.256 e. The second kappa shape index (κ2) is 8.58. The van der Waals surface area contributed by atoms with Crippen LogP contribution < -0.4 is 15.4 Å². The van der Waals surface area contributed by atoms with E-state index < -0.39 is 0 Å². The Bertz CT molecular complexity index is 1150. The molecule has 5 nitrogen and oxygen atoms in total. The van der Waals surface area contributed by atoms with Crippen LogP contribution in [0.2, 0.25) is 0 Å². The lowest BCUT2D eigenvalue weighted by Gasteiger charge is -2.29. The molecule has 3 heterocycles. The van der Waals surface area contributed by atoms with Gasteiger partial charge in [0, 0.05) is 34.5 Å². The Morgan fingerprint density at radius 1 is 1.19 bits per heavy atom. The maximum absolute atomic E-state index is 13.1. The van der Waals surface area contributed by atoms with Crippen LogP contribution >= 0.6 is 43.2 Å². The SMILES string of the molecule is COc1c(Br)cc(Br)cc1C1NC(=O)c2c(sc3c2CCN(Cc2ccccc2)C3)N1. The fourth-order valence-electron chi connectivity index (χ4n) is 4.31. The fourth-order valence-corrected chi connectivity index (χ4v) is 7.05. The molecule has 0 saturated carbocycles. The van der Waals surface area contributed by atoms with Crippen LogP contribution in [0.25, 0.3) is 0 Å². The van der Waals surface area contributed by atoms with Crippen molar-refractivity contribution in [3.8, 4) is 5.75 Å². The zero-order valence-electron chi connectivity index (χ0n) is 16.9. The third kappa shape index (κ3) is 4.02. The van der Waals surface area contributed by atoms with Gasteiger partial charge in [0.05, 0.1) is 17.1 Å². The molecule has 0 radical (unpaired) electrons. The molecule has 5 rings (SSSR count). The number of rotatable bonds is 4. The summed E-state index contributed by atoms with van der Waals surface area (Å²) < 4.78 is 7.35. The van der Waals surface area contributed by atoms with Gasteiger partial charge < -0.3 is 15.4 Å². The molecule has 1 amide bonds. The van der Waals surface area contributed by atoms with Crippen LogP contribution in [0, 0.1) is 0 Å². The van der Waals surface area contributed by atoms with Crippen molar-refractivity contribution in [1.82, 2.24) is 10.2 Å². The molecule has 2 aliphatic rings. The molecule has 2 aromatic carbocycles. The lowest BCUT2D eigenvalue weighted by atomic mass is 10.00. The second-order valence-electron chi connectivity index (χ2n) is 7.72. The number of methoxy groups -OCH3 is 1. The first-order valence-electron chi connectivity index (χ1n) is 10.0. The normalized spacial score (nSPS) is 18.0. The van der Waals surface area contributed by atoms with Crippen LogP contribution in [0.1, 0.15) is 38.1 Å². The van der Waals surface area contributed by atoms with E-state index in [1.807, 2.05) is 18.2 Å². The fraction of sp³-hybridized carbons (Fsp3) is 0.261. The standard InChI is InChI=1S/C23H21Br2N3O2S/c1-30-20-16(9-14(24)10-17(20)25)21-26-22(29)19-15-7-8-28(11-13-5-3-2-4-6-13)12-18(15)31-23(19)27-21/h2-6,9-10,21,27H,7-8,11-12H2,1H3,(H,26,29). The first-order valence-corrected chi connectivity index (χ1v) is 12.4. The van der Waals surface area contributed by atoms with Crippen molar-refractivity contribution in [3.63, 3.8) is 0 Å². The summed E-state index contributed by atoms with van der Waals surface area (Å²) in [7, 11) is 1.64. The predicted molar refractivity (Wildman–Crippen MR) is 131 cm³/mol. The third-order valence-corrected chi connectivity index (χ3v) is 7.91. The average Bonchev–Trinajstić information content (AvgIpc) is 3.12. The van der Waals surface area contributed by atoms with Gasteiger partial charge >= 0.3 is 0 Å². The highest BCUT2D eigenvalue weighted by molar-refractivity contribution is 9.11. The van der Waals surface area contributed by atoms with Gasteiger partial charge in [0.15, 0.2) is 0 Å². The van der Waals surface area contributed by atoms with Crippen molar-refractivity contribution in [2.75, 3.05) is 19.0 Å². The third-order valence-electron chi connectivity index (χ3n) is 5.72. The molecule has 160 valence electrons. The quantitative estimate of drug-likeness (QED) is 0.428. The van der Waals surface area contributed by atoms with Crippen molar-refractivity contribution in [2.45, 2.75) is 25.7 Å². The summed E-state index contributed by atoms with van der Waals surface area (Å²) in [6.45, 7) is 2.75. The van der Waals surface area contributed by atoms with Gasteiger partial charge in [-0.2, -0.15) is 0 Å². The van der Waals surface area contributed by atoms with E-state index in [0.717, 1.165) is 51.1 Å². The Balaban J connectivity index is 1.42. The summed E-state index contributed by atoms with van der Waals surface area (Å²) in [5, 5.41) is 7.61. The van der Waals surface area contributed by atoms with Crippen molar-refractivity contribution < 1.29 is 9.53 Å². The number of hydrogen-bond donors (Lipinski definition) is 2. The summed E-state index contributed by atoms with van der Waals surface area (Å²) in [4.78, 5) is 16.8. The predicted octanol–water partition coefficient (Wildman–Crippen LogP) is 5.69. The Hall–Kier alpha value is -1.87. The molecule has 8 heteroatoms. The van der Waals surface area contributed by atoms with Gasteiger partial charge in [-0.25, -0.2) is 0 Å². The number of nitrogens with zero attached hydrogens (tertiary/aromatic N) is 1. The molecule has 2 aliphatic heterocycles. The summed E-state index contributed by atoms with van der Waals surface area (Å²) in [6, 6.07) is 14.4. The Kier molecular flexibility index (Phi) is 5.81. The number of halogens is 2. The Labute approximate surface area is 202 Å². The number of hydrogen-bond acceptors (Lipinski definition) is 5. The number of carbonyl (C=O) groups excluding carboxylic acids is 1. The van der Waals surface area contributed by atoms with E-state index in [4.69, 9.17) is 4.74 Å². The van der Waals surface area contributed by atoms with Crippen LogP contribution in [-0.2, 0) is 19.5 Å². The highest BCUT2D eigenvalue weighted by Gasteiger charge is 2.34. The first kappa shape index (κ1) is 21.0. The highest BCUT2D eigenvalue weighted by Crippen LogP contribution is 2.43. The molecule has 0 saturated heterocycles. The van der Waals surface area contributed by atoms with Crippen LogP contribution in [-0.4, -0.2) is 24.5 Å². The topological polar surface area (TPSA) is 53.6 Å². The molecule has 0 aliphatic carbocycles. The van der Waals surface area contributed by atoms with Gasteiger partial charge in [0.1, 0.15) is 16.9 Å². The monoisotopic (exact) mass is 561 g/mol. The van der Waals surface area contributed by atoms with Gasteiger partial charge in [-0.3, -0.25) is 9.69 Å². The number of amides is 1. The Morgan fingerprint density at radius 2 is 2.00 bits per heavy atom. The van der Waals surface area contributed by atoms with Crippen molar-refractivity contribution in [1.29, 1.82) is 0 Å². The van der Waals surface area contributed by atoms with E-state index in [0.29, 0.717) is 5.75 Å². The molecule has 0 fully saturated rings. The summed E-state index contributed by atoms with van der Waals surface area (Å²) in [6.07, 6.45) is 0.531. The molecule has 0 spiro atoms. The molecule has 3 aromatic rings. The van der Waals surface area contributed by atoms with Crippen molar-refractivity contribution >= 4 is 54.1 Å². The number of carbonyl (C=O) groups is 1. The first-order chi connectivity index (χ1) is 15.0. The number of thiophene rings is 1. The second-order valence-corrected chi connectivity index (χ2v) is 10.6.